The summed E-state index contributed by atoms with van der Waals surface area (Å²) >= 11 is 0. The third-order valence-corrected chi connectivity index (χ3v) is 5.84. The van der Waals surface area contributed by atoms with Gasteiger partial charge in [-0.15, -0.1) is 5.10 Å². The number of nitro groups is 1. The Morgan fingerprint density at radius 1 is 1.19 bits per heavy atom. The smallest absolute Gasteiger partial charge is 0.274 e. The maximum absolute atomic E-state index is 14.8. The molecule has 0 fully saturated rings. The molecule has 0 aliphatic heterocycles. The van der Waals surface area contributed by atoms with Crippen LogP contribution in [-0.4, -0.2) is 57.8 Å². The first-order valence-electron chi connectivity index (χ1n) is 11.6. The Balaban J connectivity index is 1.56. The van der Waals surface area contributed by atoms with Gasteiger partial charge in [0, 0.05) is 30.8 Å². The third kappa shape index (κ3) is 6.37. The van der Waals surface area contributed by atoms with Crippen LogP contribution in [-0.2, 0) is 25.2 Å². The number of hydrogen-bond acceptors (Lipinski definition) is 8. The van der Waals surface area contributed by atoms with Crippen molar-refractivity contribution in [1.82, 2.24) is 34.7 Å². The molecule has 11 nitrogen and oxygen atoms in total. The fourth-order valence-corrected chi connectivity index (χ4v) is 4.28. The zero-order valence-corrected chi connectivity index (χ0v) is 20.1. The van der Waals surface area contributed by atoms with Crippen LogP contribution in [0.4, 0.5) is 14.5 Å². The molecule has 0 spiro atoms. The Hall–Kier alpha value is -4.10. The summed E-state index contributed by atoms with van der Waals surface area (Å²) in [6.45, 7) is 2.81. The first-order chi connectivity index (χ1) is 17.8. The Bertz CT molecular complexity index is 1350. The van der Waals surface area contributed by atoms with Crippen LogP contribution >= 0.6 is 0 Å². The lowest BCUT2D eigenvalue weighted by molar-refractivity contribution is -0.385. The van der Waals surface area contributed by atoms with Crippen molar-refractivity contribution in [2.45, 2.75) is 38.6 Å². The maximum atomic E-state index is 14.8. The van der Waals surface area contributed by atoms with Crippen molar-refractivity contribution < 1.29 is 18.8 Å². The van der Waals surface area contributed by atoms with Crippen molar-refractivity contribution in [1.29, 1.82) is 0 Å². The summed E-state index contributed by atoms with van der Waals surface area (Å²) in [6.07, 6.45) is 5.12. The van der Waals surface area contributed by atoms with Gasteiger partial charge < -0.3 is 5.11 Å². The third-order valence-electron chi connectivity index (χ3n) is 5.84. The summed E-state index contributed by atoms with van der Waals surface area (Å²) < 4.78 is 31.3. The van der Waals surface area contributed by atoms with E-state index in [-0.39, 0.29) is 37.4 Å². The molecule has 194 valence electrons. The van der Waals surface area contributed by atoms with Crippen LogP contribution in [0.1, 0.15) is 30.2 Å². The molecule has 1 atom stereocenters. The van der Waals surface area contributed by atoms with Crippen molar-refractivity contribution in [2.75, 3.05) is 13.1 Å². The van der Waals surface area contributed by atoms with E-state index in [0.717, 1.165) is 18.6 Å². The first-order valence-corrected chi connectivity index (χ1v) is 11.6. The largest absolute Gasteiger partial charge is 0.382 e. The molecule has 4 aromatic rings. The van der Waals surface area contributed by atoms with Crippen molar-refractivity contribution in [3.05, 3.63) is 99.9 Å². The summed E-state index contributed by atoms with van der Waals surface area (Å²) in [4.78, 5) is 16.6. The van der Waals surface area contributed by atoms with Crippen LogP contribution in [0.5, 0.6) is 0 Å². The van der Waals surface area contributed by atoms with Crippen LogP contribution in [0.25, 0.3) is 0 Å². The molecule has 0 radical (unpaired) electrons. The van der Waals surface area contributed by atoms with Gasteiger partial charge in [0.2, 0.25) is 0 Å². The number of hydrogen-bond donors (Lipinski definition) is 1. The maximum Gasteiger partial charge on any atom is 0.274 e. The van der Waals surface area contributed by atoms with Crippen LogP contribution < -0.4 is 0 Å². The Labute approximate surface area is 211 Å². The summed E-state index contributed by atoms with van der Waals surface area (Å²) in [5, 5.41) is 35.3. The lowest BCUT2D eigenvalue weighted by Gasteiger charge is -2.34. The fraction of sp³-hybridized carbons (Fsp3) is 0.333. The molecule has 0 aliphatic carbocycles. The zero-order chi connectivity index (χ0) is 26.4. The van der Waals surface area contributed by atoms with E-state index in [1.807, 2.05) is 11.8 Å². The number of para-hydroxylation sites is 1. The van der Waals surface area contributed by atoms with Crippen molar-refractivity contribution in [3.8, 4) is 0 Å². The van der Waals surface area contributed by atoms with E-state index >= 15 is 0 Å². The molecule has 0 bridgehead atoms. The van der Waals surface area contributed by atoms with Gasteiger partial charge in [-0.2, -0.15) is 5.10 Å². The van der Waals surface area contributed by atoms with Crippen molar-refractivity contribution >= 4 is 5.69 Å². The second-order valence-corrected chi connectivity index (χ2v) is 8.75. The zero-order valence-electron chi connectivity index (χ0n) is 20.1. The van der Waals surface area contributed by atoms with Gasteiger partial charge in [-0.3, -0.25) is 15.0 Å². The molecule has 1 N–H and O–H groups in total. The minimum atomic E-state index is -1.76. The number of nitro benzene ring substituents is 1. The van der Waals surface area contributed by atoms with E-state index in [9.17, 15) is 24.0 Å². The fourth-order valence-electron chi connectivity index (χ4n) is 4.28. The molecule has 0 amide bonds. The van der Waals surface area contributed by atoms with E-state index in [1.165, 1.54) is 34.2 Å². The highest BCUT2D eigenvalue weighted by molar-refractivity contribution is 5.39. The van der Waals surface area contributed by atoms with E-state index in [1.54, 1.807) is 24.4 Å². The molecule has 0 saturated heterocycles. The quantitative estimate of drug-likeness (QED) is 0.227. The number of aromatic nitrogens is 6. The van der Waals surface area contributed by atoms with Gasteiger partial charge in [0.05, 0.1) is 35.5 Å². The number of benzene rings is 2. The lowest BCUT2D eigenvalue weighted by Crippen LogP contribution is -2.44. The van der Waals surface area contributed by atoms with Gasteiger partial charge in [0.15, 0.2) is 0 Å². The molecule has 2 aromatic carbocycles. The van der Waals surface area contributed by atoms with E-state index in [2.05, 4.69) is 20.4 Å². The molecular formula is C24H26F2N8O3. The molecule has 2 heterocycles. The average Bonchev–Trinajstić information content (AvgIpc) is 3.51. The van der Waals surface area contributed by atoms with Gasteiger partial charge in [-0.25, -0.2) is 23.1 Å². The van der Waals surface area contributed by atoms with Crippen LogP contribution in [0, 0.1) is 21.7 Å². The minimum Gasteiger partial charge on any atom is -0.382 e. The molecule has 13 heteroatoms. The molecule has 1 unspecified atom stereocenters. The monoisotopic (exact) mass is 512 g/mol. The van der Waals surface area contributed by atoms with Gasteiger partial charge in [0.25, 0.3) is 5.69 Å². The summed E-state index contributed by atoms with van der Waals surface area (Å²) in [6, 6.07) is 9.47. The number of halogens is 2. The van der Waals surface area contributed by atoms with Crippen LogP contribution in [0.15, 0.2) is 61.3 Å². The standard InChI is InChI=1S/C24H26F2N8O3/c1-2-9-31(12-20-13-32(30-29-20)11-18-5-3-4-6-23(18)34(36)37)14-24(35,15-33-17-27-16-28-33)21-8-7-19(25)10-22(21)26/h3-8,10,13,16-17,35H,2,9,11-12,14-15H2,1H3. The van der Waals surface area contributed by atoms with Gasteiger partial charge >= 0.3 is 0 Å². The molecular weight excluding hydrogens is 486 g/mol. The second kappa shape index (κ2) is 11.3. The average molecular weight is 513 g/mol. The Kier molecular flexibility index (Phi) is 7.94. The van der Waals surface area contributed by atoms with Crippen LogP contribution in [0.2, 0.25) is 0 Å². The highest BCUT2D eigenvalue weighted by Gasteiger charge is 2.35. The predicted octanol–water partition coefficient (Wildman–Crippen LogP) is 2.90. The van der Waals surface area contributed by atoms with E-state index < -0.39 is 22.2 Å². The van der Waals surface area contributed by atoms with E-state index in [4.69, 9.17) is 0 Å². The first kappa shape index (κ1) is 26.0. The normalized spacial score (nSPS) is 13.1. The predicted molar refractivity (Wildman–Crippen MR) is 128 cm³/mol. The molecule has 0 aliphatic rings. The Morgan fingerprint density at radius 3 is 2.70 bits per heavy atom. The topological polar surface area (TPSA) is 128 Å². The minimum absolute atomic E-state index is 0.00772. The summed E-state index contributed by atoms with van der Waals surface area (Å²) in [7, 11) is 0. The highest BCUT2D eigenvalue weighted by atomic mass is 19.1. The number of rotatable bonds is 12. The van der Waals surface area contributed by atoms with Crippen molar-refractivity contribution in [2.24, 2.45) is 0 Å². The van der Waals surface area contributed by atoms with Crippen LogP contribution in [0.3, 0.4) is 0 Å². The Morgan fingerprint density at radius 2 is 2.00 bits per heavy atom. The number of aliphatic hydroxyl groups is 1. The second-order valence-electron chi connectivity index (χ2n) is 8.75. The molecule has 2 aromatic heterocycles. The van der Waals surface area contributed by atoms with Gasteiger partial charge in [-0.05, 0) is 19.0 Å². The highest BCUT2D eigenvalue weighted by Crippen LogP contribution is 2.28. The SMILES string of the molecule is CCCN(Cc1cn(Cc2ccccc2[N+](=O)[O-])nn1)CC(O)(Cn1cncn1)c1ccc(F)cc1F. The summed E-state index contributed by atoms with van der Waals surface area (Å²) in [5.41, 5.74) is -0.781. The number of nitrogens with zero attached hydrogens (tertiary/aromatic N) is 8. The summed E-state index contributed by atoms with van der Waals surface area (Å²) in [5.74, 6) is -1.61. The van der Waals surface area contributed by atoms with E-state index in [0.29, 0.717) is 17.8 Å². The lowest BCUT2D eigenvalue weighted by atomic mass is 9.92. The van der Waals surface area contributed by atoms with Gasteiger partial charge in [0.1, 0.15) is 29.9 Å². The molecule has 0 saturated carbocycles. The van der Waals surface area contributed by atoms with Gasteiger partial charge in [-0.1, -0.05) is 36.4 Å². The molecule has 4 rings (SSSR count). The van der Waals surface area contributed by atoms with Crippen molar-refractivity contribution in [3.63, 3.8) is 0 Å². The molecule has 37 heavy (non-hydrogen) atoms.